The van der Waals surface area contributed by atoms with Gasteiger partial charge in [-0.1, -0.05) is 19.3 Å². The van der Waals surface area contributed by atoms with Gasteiger partial charge < -0.3 is 24.3 Å². The largest absolute Gasteiger partial charge is 4.00 e. The Morgan fingerprint density at radius 1 is 0.710 bits per heavy atom. The number of hydrogen-bond donors (Lipinski definition) is 0. The van der Waals surface area contributed by atoms with E-state index in [1.807, 2.05) is 24.3 Å². The second kappa shape index (κ2) is 8.62. The summed E-state index contributed by atoms with van der Waals surface area (Å²) in [6.45, 7) is 4.39. The van der Waals surface area contributed by atoms with Crippen LogP contribution in [0.1, 0.15) is 32.1 Å². The van der Waals surface area contributed by atoms with E-state index in [-0.39, 0.29) is 21.1 Å². The average molecular weight is 592 g/mol. The fraction of sp³-hybridized carbons (Fsp3) is 0.280. The van der Waals surface area contributed by atoms with E-state index in [4.69, 9.17) is 4.74 Å². The molecule has 2 atom stereocenters. The molecule has 0 aromatic heterocycles. The van der Waals surface area contributed by atoms with E-state index in [1.165, 1.54) is 32.1 Å². The van der Waals surface area contributed by atoms with E-state index >= 15 is 0 Å². The summed E-state index contributed by atoms with van der Waals surface area (Å²) in [5.41, 5.74) is 1.94. The molecule has 0 N–H and O–H groups in total. The van der Waals surface area contributed by atoms with Gasteiger partial charge in [0.2, 0.25) is 0 Å². The third-order valence-corrected chi connectivity index (χ3v) is 6.31. The molecule has 2 unspecified atom stereocenters. The minimum atomic E-state index is 0. The summed E-state index contributed by atoms with van der Waals surface area (Å²) < 4.78 is 6.09. The summed E-state index contributed by atoms with van der Waals surface area (Å²) in [7, 11) is 0. The Morgan fingerprint density at radius 2 is 1.23 bits per heavy atom. The summed E-state index contributed by atoms with van der Waals surface area (Å²) in [6.07, 6.45) is 14.8. The quantitative estimate of drug-likeness (QED) is 0.391. The van der Waals surface area contributed by atoms with Crippen molar-refractivity contribution in [1.82, 2.24) is 9.80 Å². The van der Waals surface area contributed by atoms with Crippen LogP contribution >= 0.6 is 0 Å². The first-order valence-electron chi connectivity index (χ1n) is 10.7. The zero-order chi connectivity index (χ0) is 19.9. The number of ether oxygens (including phenoxy) is 1. The molecule has 6 heteroatoms. The van der Waals surface area contributed by atoms with Crippen LogP contribution in [-0.2, 0) is 21.1 Å². The molecule has 0 radical (unpaired) electrons. The number of hydrogen-bond acceptors (Lipinski definition) is 5. The van der Waals surface area contributed by atoms with Gasteiger partial charge in [0.25, 0.3) is 0 Å². The molecular formula is C25H24N4OPt. The smallest absolute Gasteiger partial charge is 0.509 e. The van der Waals surface area contributed by atoms with Gasteiger partial charge in [-0.3, -0.25) is 0 Å². The van der Waals surface area contributed by atoms with Gasteiger partial charge in [0.05, 0.1) is 0 Å². The van der Waals surface area contributed by atoms with Crippen molar-refractivity contribution < 1.29 is 25.8 Å². The van der Waals surface area contributed by atoms with Crippen LogP contribution in [0.4, 0.5) is 11.4 Å². The monoisotopic (exact) mass is 591 g/mol. The SMILES string of the molecule is [Pt+4].[c-]1c2cccc1N1C=CN([CH-]1)C1CCCCCC1N1C=CN([CH-]1)c1[c-]c(ccc1)O2. The molecule has 1 saturated carbocycles. The van der Waals surface area contributed by atoms with Gasteiger partial charge in [0, 0.05) is 23.6 Å². The van der Waals surface area contributed by atoms with Gasteiger partial charge in [0.15, 0.2) is 0 Å². The molecule has 0 amide bonds. The van der Waals surface area contributed by atoms with Crippen LogP contribution in [0.5, 0.6) is 11.5 Å². The van der Waals surface area contributed by atoms with Crippen LogP contribution in [0.3, 0.4) is 0 Å². The molecule has 4 aliphatic rings. The number of benzene rings is 2. The van der Waals surface area contributed by atoms with E-state index < -0.39 is 0 Å². The number of anilines is 2. The van der Waals surface area contributed by atoms with Crippen molar-refractivity contribution in [2.45, 2.75) is 44.2 Å². The first-order chi connectivity index (χ1) is 14.8. The standard InChI is InChI=1S/C25H24N4O.Pt/c1-2-10-24-25(11-3-1)29-15-13-27(19-29)21-7-5-9-23(17-21)30-22-8-4-6-20(16-22)26-12-14-28(24)18-26;/h4-9,12-15,18-19,24-25H,1-3,10-11H2;/q-4;+4. The van der Waals surface area contributed by atoms with Crippen molar-refractivity contribution in [3.8, 4) is 11.5 Å². The summed E-state index contributed by atoms with van der Waals surface area (Å²) in [4.78, 5) is 9.02. The maximum absolute atomic E-state index is 6.09. The molecule has 3 heterocycles. The first kappa shape index (κ1) is 20.5. The first-order valence-corrected chi connectivity index (χ1v) is 10.7. The maximum atomic E-state index is 6.09. The molecule has 31 heavy (non-hydrogen) atoms. The Kier molecular flexibility index (Phi) is 5.71. The average Bonchev–Trinajstić information content (AvgIpc) is 3.39. The fourth-order valence-electron chi connectivity index (χ4n) is 4.79. The molecule has 160 valence electrons. The summed E-state index contributed by atoms with van der Waals surface area (Å²) in [5.74, 6) is 1.37. The summed E-state index contributed by atoms with van der Waals surface area (Å²) in [6, 6.07) is 19.7. The Morgan fingerprint density at radius 3 is 1.74 bits per heavy atom. The fourth-order valence-corrected chi connectivity index (χ4v) is 4.79. The molecule has 2 aromatic rings. The van der Waals surface area contributed by atoms with E-state index in [2.05, 4.69) is 82.0 Å². The molecule has 1 fully saturated rings. The van der Waals surface area contributed by atoms with Crippen LogP contribution < -0.4 is 14.5 Å². The van der Waals surface area contributed by atoms with Crippen LogP contribution in [0.2, 0.25) is 0 Å². The molecule has 2 aromatic carbocycles. The number of nitrogens with zero attached hydrogens (tertiary/aromatic N) is 4. The van der Waals surface area contributed by atoms with Gasteiger partial charge in [-0.25, -0.2) is 0 Å². The number of rotatable bonds is 0. The van der Waals surface area contributed by atoms with E-state index in [0.717, 1.165) is 11.4 Å². The van der Waals surface area contributed by atoms with Gasteiger partial charge in [-0.2, -0.15) is 25.5 Å². The van der Waals surface area contributed by atoms with Crippen molar-refractivity contribution in [3.63, 3.8) is 0 Å². The third-order valence-electron chi connectivity index (χ3n) is 6.31. The van der Waals surface area contributed by atoms with Crippen molar-refractivity contribution in [2.75, 3.05) is 9.80 Å². The normalized spacial score (nSPS) is 24.0. The van der Waals surface area contributed by atoms with Gasteiger partial charge in [0.1, 0.15) is 0 Å². The zero-order valence-electron chi connectivity index (χ0n) is 17.1. The minimum absolute atomic E-state index is 0. The van der Waals surface area contributed by atoms with Crippen LogP contribution in [0, 0.1) is 25.5 Å². The Bertz CT molecular complexity index is 915. The van der Waals surface area contributed by atoms with Crippen LogP contribution in [0.25, 0.3) is 0 Å². The molecule has 0 spiro atoms. The van der Waals surface area contributed by atoms with Gasteiger partial charge in [-0.15, -0.1) is 47.8 Å². The van der Waals surface area contributed by atoms with E-state index in [9.17, 15) is 0 Å². The Balaban J connectivity index is 0.00000204. The summed E-state index contributed by atoms with van der Waals surface area (Å²) >= 11 is 0. The van der Waals surface area contributed by atoms with E-state index in [1.54, 1.807) is 0 Å². The Hall–Kier alpha value is -2.39. The van der Waals surface area contributed by atoms with Crippen molar-refractivity contribution in [2.24, 2.45) is 0 Å². The van der Waals surface area contributed by atoms with Gasteiger partial charge in [-0.05, 0) is 37.6 Å². The zero-order valence-corrected chi connectivity index (χ0v) is 19.4. The predicted molar refractivity (Wildman–Crippen MR) is 117 cm³/mol. The topological polar surface area (TPSA) is 22.2 Å². The van der Waals surface area contributed by atoms with Crippen LogP contribution in [-0.4, -0.2) is 21.9 Å². The molecule has 1 aliphatic carbocycles. The second-order valence-electron chi connectivity index (χ2n) is 8.21. The molecule has 8 bridgehead atoms. The predicted octanol–water partition coefficient (Wildman–Crippen LogP) is 5.22. The Labute approximate surface area is 198 Å². The van der Waals surface area contributed by atoms with Crippen molar-refractivity contribution in [3.05, 3.63) is 86.7 Å². The minimum Gasteiger partial charge on any atom is -0.509 e. The van der Waals surface area contributed by atoms with Gasteiger partial charge >= 0.3 is 21.1 Å². The summed E-state index contributed by atoms with van der Waals surface area (Å²) in [5, 5.41) is 0. The number of fused-ring (bicyclic) bond motifs is 13. The van der Waals surface area contributed by atoms with Crippen molar-refractivity contribution >= 4 is 11.4 Å². The molecule has 5 nitrogen and oxygen atoms in total. The van der Waals surface area contributed by atoms with E-state index in [0.29, 0.717) is 23.6 Å². The molecular weight excluding hydrogens is 567 g/mol. The molecule has 3 aliphatic heterocycles. The van der Waals surface area contributed by atoms with Crippen molar-refractivity contribution in [1.29, 1.82) is 0 Å². The third kappa shape index (κ3) is 3.96. The molecule has 6 rings (SSSR count). The maximum Gasteiger partial charge on any atom is 4.00 e. The second-order valence-corrected chi connectivity index (χ2v) is 8.21. The molecule has 0 saturated heterocycles. The van der Waals surface area contributed by atoms with Crippen LogP contribution in [0.15, 0.2) is 61.2 Å².